The second kappa shape index (κ2) is 13.9. The molecule has 10 nitrogen and oxygen atoms in total. The summed E-state index contributed by atoms with van der Waals surface area (Å²) in [4.78, 5) is 65.3. The van der Waals surface area contributed by atoms with E-state index in [-0.39, 0.29) is 27.7 Å². The molecule has 1 aliphatic rings. The molecule has 43 heavy (non-hydrogen) atoms. The van der Waals surface area contributed by atoms with E-state index in [1.165, 1.54) is 28.3 Å². The van der Waals surface area contributed by atoms with Crippen molar-refractivity contribution in [3.63, 3.8) is 0 Å². The molecule has 224 valence electrons. The van der Waals surface area contributed by atoms with Gasteiger partial charge in [-0.2, -0.15) is 0 Å². The Hall–Kier alpha value is -4.10. The lowest BCUT2D eigenvalue weighted by molar-refractivity contribution is -0.120. The fraction of sp³-hybridized carbons (Fsp3) is 0.226. The first-order chi connectivity index (χ1) is 20.5. The molecule has 1 aliphatic heterocycles. The molecule has 0 aromatic heterocycles. The minimum atomic E-state index is -0.470. The normalized spacial score (nSPS) is 13.1. The zero-order chi connectivity index (χ0) is 31.3. The van der Waals surface area contributed by atoms with Crippen LogP contribution in [0.3, 0.4) is 0 Å². The van der Waals surface area contributed by atoms with E-state index in [4.69, 9.17) is 14.4 Å². The molecule has 12 heteroatoms. The number of hydroxylamine groups is 4. The van der Waals surface area contributed by atoms with Gasteiger partial charge in [0.05, 0.1) is 35.8 Å². The molecule has 0 bridgehead atoms. The molecule has 0 saturated heterocycles. The number of anilines is 1. The summed E-state index contributed by atoms with van der Waals surface area (Å²) < 4.78 is 5.71. The molecular weight excluding hydrogens is 590 g/mol. The van der Waals surface area contributed by atoms with Gasteiger partial charge in [0, 0.05) is 35.0 Å². The number of carbonyl (C=O) groups excluding carboxylic acids is 4. The van der Waals surface area contributed by atoms with Crippen molar-refractivity contribution in [2.24, 2.45) is 0 Å². The molecule has 3 aromatic rings. The van der Waals surface area contributed by atoms with Gasteiger partial charge in [0.15, 0.2) is 0 Å². The Morgan fingerprint density at radius 3 is 1.42 bits per heavy atom. The summed E-state index contributed by atoms with van der Waals surface area (Å²) in [6.45, 7) is 3.82. The van der Waals surface area contributed by atoms with Crippen LogP contribution in [-0.2, 0) is 19.3 Å². The monoisotopic (exact) mass is 621 g/mol. The second-order valence-electron chi connectivity index (χ2n) is 9.49. The first-order valence-electron chi connectivity index (χ1n) is 13.1. The molecule has 0 saturated carbocycles. The van der Waals surface area contributed by atoms with Crippen molar-refractivity contribution in [3.05, 3.63) is 93.7 Å². The Balaban J connectivity index is 1.66. The van der Waals surface area contributed by atoms with E-state index in [1.807, 2.05) is 13.8 Å². The van der Waals surface area contributed by atoms with Crippen LogP contribution in [0.1, 0.15) is 34.6 Å². The van der Waals surface area contributed by atoms with E-state index < -0.39 is 11.8 Å². The Morgan fingerprint density at radius 2 is 1.07 bits per heavy atom. The molecule has 0 atom stereocenters. The average Bonchev–Trinajstić information content (AvgIpc) is 3.24. The van der Waals surface area contributed by atoms with Gasteiger partial charge in [-0.25, -0.2) is 15.0 Å². The van der Waals surface area contributed by atoms with Crippen molar-refractivity contribution in [2.45, 2.75) is 29.7 Å². The predicted molar refractivity (Wildman–Crippen MR) is 165 cm³/mol. The fourth-order valence-corrected chi connectivity index (χ4v) is 5.93. The number of ether oxygens (including phenoxy) is 1. The van der Waals surface area contributed by atoms with Crippen LogP contribution in [-0.4, -0.2) is 68.2 Å². The number of amides is 4. The fourth-order valence-electron chi connectivity index (χ4n) is 3.95. The topological polar surface area (TPSA) is 106 Å². The maximum Gasteiger partial charge on any atom is 0.277 e. The van der Waals surface area contributed by atoms with Crippen LogP contribution in [0.4, 0.5) is 5.69 Å². The van der Waals surface area contributed by atoms with Gasteiger partial charge in [0.1, 0.15) is 5.75 Å². The summed E-state index contributed by atoms with van der Waals surface area (Å²) in [6.07, 6.45) is -0.0262. The minimum absolute atomic E-state index is 0.0262. The number of hydrogen-bond acceptors (Lipinski definition) is 9. The molecule has 0 spiro atoms. The third-order valence-electron chi connectivity index (χ3n) is 6.23. The van der Waals surface area contributed by atoms with Crippen LogP contribution in [0, 0.1) is 0 Å². The highest BCUT2D eigenvalue weighted by Crippen LogP contribution is 2.44. The summed E-state index contributed by atoms with van der Waals surface area (Å²) in [5.41, 5.74) is 1.22. The number of imide groups is 1. The van der Waals surface area contributed by atoms with Gasteiger partial charge < -0.3 is 4.74 Å². The van der Waals surface area contributed by atoms with Crippen molar-refractivity contribution in [2.75, 3.05) is 33.2 Å². The first-order valence-corrected chi connectivity index (χ1v) is 14.8. The van der Waals surface area contributed by atoms with Crippen molar-refractivity contribution in [1.29, 1.82) is 0 Å². The standard InChI is InChI=1S/C31H31N3O7S2/c1-19(2)41-23-13-11-22(12-14-23)34-30(37)26(42-24-15-7-20(8-16-24)28(35)32(3)39-5)27(31(34)38)43-25-17-9-21(10-18-25)29(36)33(4)40-6/h7-19H,1-6H3. The van der Waals surface area contributed by atoms with E-state index in [0.29, 0.717) is 32.4 Å². The van der Waals surface area contributed by atoms with Crippen molar-refractivity contribution < 1.29 is 33.6 Å². The zero-order valence-corrected chi connectivity index (χ0v) is 26.2. The number of carbonyl (C=O) groups is 4. The van der Waals surface area contributed by atoms with Gasteiger partial charge in [-0.15, -0.1) is 0 Å². The molecular formula is C31H31N3O7S2. The second-order valence-corrected chi connectivity index (χ2v) is 11.7. The summed E-state index contributed by atoms with van der Waals surface area (Å²) in [5.74, 6) is -0.962. The van der Waals surface area contributed by atoms with E-state index >= 15 is 0 Å². The van der Waals surface area contributed by atoms with E-state index in [2.05, 4.69) is 0 Å². The van der Waals surface area contributed by atoms with Crippen LogP contribution < -0.4 is 9.64 Å². The predicted octanol–water partition coefficient (Wildman–Crippen LogP) is 5.41. The molecule has 0 N–H and O–H groups in total. The Morgan fingerprint density at radius 1 is 0.674 bits per heavy atom. The number of thioether (sulfide) groups is 2. The molecule has 0 radical (unpaired) electrons. The minimum Gasteiger partial charge on any atom is -0.491 e. The number of nitrogens with zero attached hydrogens (tertiary/aromatic N) is 3. The van der Waals surface area contributed by atoms with Gasteiger partial charge in [0.25, 0.3) is 23.6 Å². The van der Waals surface area contributed by atoms with E-state index in [9.17, 15) is 19.2 Å². The van der Waals surface area contributed by atoms with Crippen molar-refractivity contribution >= 4 is 52.8 Å². The highest BCUT2D eigenvalue weighted by Gasteiger charge is 2.40. The molecule has 4 amide bonds. The third kappa shape index (κ3) is 7.28. The van der Waals surface area contributed by atoms with Crippen LogP contribution in [0.2, 0.25) is 0 Å². The largest absolute Gasteiger partial charge is 0.491 e. The number of rotatable bonds is 11. The maximum atomic E-state index is 13.8. The van der Waals surface area contributed by atoms with E-state index in [0.717, 1.165) is 38.6 Å². The first kappa shape index (κ1) is 31.8. The Kier molecular flexibility index (Phi) is 10.3. The molecule has 4 rings (SSSR count). The third-order valence-corrected chi connectivity index (χ3v) is 8.54. The summed E-state index contributed by atoms with van der Waals surface area (Å²) in [5, 5.41) is 2.22. The molecule has 0 unspecified atom stereocenters. The maximum absolute atomic E-state index is 13.8. The average molecular weight is 622 g/mol. The number of benzene rings is 3. The highest BCUT2D eigenvalue weighted by molar-refractivity contribution is 8.08. The smallest absolute Gasteiger partial charge is 0.277 e. The molecule has 0 fully saturated rings. The lowest BCUT2D eigenvalue weighted by atomic mass is 10.2. The quantitative estimate of drug-likeness (QED) is 0.205. The van der Waals surface area contributed by atoms with Crippen molar-refractivity contribution in [3.8, 4) is 5.75 Å². The summed E-state index contributed by atoms with van der Waals surface area (Å²) in [7, 11) is 5.82. The van der Waals surface area contributed by atoms with Crippen LogP contribution in [0.5, 0.6) is 5.75 Å². The van der Waals surface area contributed by atoms with Crippen LogP contribution in [0.25, 0.3) is 0 Å². The Bertz CT molecular complexity index is 1450. The SMILES string of the molecule is CON(C)C(=O)c1ccc(SC2=C(Sc3ccc(C(=O)N(C)OC)cc3)C(=O)N(c3ccc(OC(C)C)cc3)C2=O)cc1. The Labute approximate surface area is 258 Å². The van der Waals surface area contributed by atoms with Crippen molar-refractivity contribution in [1.82, 2.24) is 10.1 Å². The highest BCUT2D eigenvalue weighted by atomic mass is 32.2. The van der Waals surface area contributed by atoms with Crippen LogP contribution in [0.15, 0.2) is 92.4 Å². The lowest BCUT2D eigenvalue weighted by Gasteiger charge is -2.16. The number of hydrogen-bond donors (Lipinski definition) is 0. The summed E-state index contributed by atoms with van der Waals surface area (Å²) in [6, 6.07) is 20.1. The van der Waals surface area contributed by atoms with Gasteiger partial charge in [-0.3, -0.25) is 28.9 Å². The molecule has 1 heterocycles. The van der Waals surface area contributed by atoms with Gasteiger partial charge in [-0.05, 0) is 86.6 Å². The summed E-state index contributed by atoms with van der Waals surface area (Å²) >= 11 is 2.28. The van der Waals surface area contributed by atoms with Gasteiger partial charge in [0.2, 0.25) is 0 Å². The lowest BCUT2D eigenvalue weighted by Crippen LogP contribution is -2.31. The zero-order valence-electron chi connectivity index (χ0n) is 24.5. The molecule has 3 aromatic carbocycles. The van der Waals surface area contributed by atoms with Crippen LogP contribution >= 0.6 is 23.5 Å². The van der Waals surface area contributed by atoms with Gasteiger partial charge in [-0.1, -0.05) is 23.5 Å². The van der Waals surface area contributed by atoms with E-state index in [1.54, 1.807) is 72.8 Å². The van der Waals surface area contributed by atoms with Gasteiger partial charge >= 0.3 is 0 Å². The molecule has 0 aliphatic carbocycles.